The molecule has 0 spiro atoms. The summed E-state index contributed by atoms with van der Waals surface area (Å²) in [5, 5.41) is 16.0. The number of carbonyl (C=O) groups excluding carboxylic acids is 3. The number of nitrogens with zero attached hydrogens (tertiary/aromatic N) is 2. The van der Waals surface area contributed by atoms with Gasteiger partial charge in [0.1, 0.15) is 11.6 Å². The molecule has 1 saturated carbocycles. The number of aliphatic hydroxyl groups is 1. The Bertz CT molecular complexity index is 1340. The first-order valence-electron chi connectivity index (χ1n) is 17.0. The molecule has 3 N–H and O–H groups in total. The van der Waals surface area contributed by atoms with Crippen molar-refractivity contribution in [3.05, 3.63) is 53.8 Å². The van der Waals surface area contributed by atoms with Gasteiger partial charge in [-0.15, -0.1) is 0 Å². The van der Waals surface area contributed by atoms with E-state index in [1.807, 2.05) is 13.8 Å². The predicted octanol–water partition coefficient (Wildman–Crippen LogP) is 6.30. The second-order valence-electron chi connectivity index (χ2n) is 13.2. The number of hydrogen-bond donors (Lipinski definition) is 3. The van der Waals surface area contributed by atoms with E-state index in [1.165, 1.54) is 29.2 Å². The fourth-order valence-corrected chi connectivity index (χ4v) is 6.18. The maximum atomic E-state index is 14.3. The van der Waals surface area contributed by atoms with Gasteiger partial charge in [0.2, 0.25) is 5.91 Å². The van der Waals surface area contributed by atoms with Crippen molar-refractivity contribution in [2.24, 2.45) is 11.8 Å². The number of nitrogens with one attached hydrogen (secondary N) is 2. The van der Waals surface area contributed by atoms with Crippen LogP contribution in [0.3, 0.4) is 0 Å². The summed E-state index contributed by atoms with van der Waals surface area (Å²) in [4.78, 5) is 43.6. The first-order chi connectivity index (χ1) is 22.5. The molecule has 1 aliphatic carbocycles. The summed E-state index contributed by atoms with van der Waals surface area (Å²) in [7, 11) is 1.66. The summed E-state index contributed by atoms with van der Waals surface area (Å²) in [6.07, 6.45) is 6.74. The first kappa shape index (κ1) is 36.1. The molecule has 0 radical (unpaired) electrons. The van der Waals surface area contributed by atoms with Gasteiger partial charge in [0.05, 0.1) is 30.4 Å². The highest BCUT2D eigenvalue weighted by molar-refractivity contribution is 6.00. The number of likely N-dealkylation sites (N-methyl/N-ethyl adjacent to an activating group) is 1. The lowest BCUT2D eigenvalue weighted by molar-refractivity contribution is -0.120. The maximum Gasteiger partial charge on any atom is 0.321 e. The van der Waals surface area contributed by atoms with Crippen molar-refractivity contribution in [3.8, 4) is 5.75 Å². The van der Waals surface area contributed by atoms with Crippen LogP contribution in [0.4, 0.5) is 20.6 Å². The van der Waals surface area contributed by atoms with E-state index in [0.717, 1.165) is 51.4 Å². The number of anilines is 2. The van der Waals surface area contributed by atoms with Gasteiger partial charge < -0.3 is 35.0 Å². The van der Waals surface area contributed by atoms with Crippen LogP contribution >= 0.6 is 0 Å². The van der Waals surface area contributed by atoms with Crippen molar-refractivity contribution >= 4 is 29.2 Å². The zero-order valence-electron chi connectivity index (χ0n) is 28.2. The second kappa shape index (κ2) is 17.5. The molecule has 0 unspecified atom stereocenters. The molecule has 10 nitrogen and oxygen atoms in total. The van der Waals surface area contributed by atoms with Crippen LogP contribution in [0, 0.1) is 17.7 Å². The Hall–Kier alpha value is -3.70. The Balaban J connectivity index is 1.57. The van der Waals surface area contributed by atoms with Gasteiger partial charge in [-0.25, -0.2) is 9.18 Å². The van der Waals surface area contributed by atoms with Crippen LogP contribution in [-0.2, 0) is 9.53 Å². The number of hydrogen-bond acceptors (Lipinski definition) is 6. The quantitative estimate of drug-likeness (QED) is 0.322. The number of amides is 4. The number of carbonyl (C=O) groups is 3. The number of urea groups is 1. The van der Waals surface area contributed by atoms with Gasteiger partial charge >= 0.3 is 6.03 Å². The fourth-order valence-electron chi connectivity index (χ4n) is 6.18. The lowest BCUT2D eigenvalue weighted by Gasteiger charge is -2.35. The second-order valence-corrected chi connectivity index (χ2v) is 13.2. The normalized spacial score (nSPS) is 22.3. The first-order valence-corrected chi connectivity index (χ1v) is 17.0. The Morgan fingerprint density at radius 2 is 1.68 bits per heavy atom. The van der Waals surface area contributed by atoms with Crippen molar-refractivity contribution in [1.29, 1.82) is 0 Å². The maximum absolute atomic E-state index is 14.3. The third-order valence-corrected chi connectivity index (χ3v) is 9.19. The number of halogens is 1. The Labute approximate surface area is 278 Å². The van der Waals surface area contributed by atoms with E-state index in [-0.39, 0.29) is 55.5 Å². The van der Waals surface area contributed by atoms with E-state index in [4.69, 9.17) is 9.47 Å². The molecular weight excluding hydrogens is 603 g/mol. The van der Waals surface area contributed by atoms with Crippen LogP contribution in [-0.4, -0.2) is 84.4 Å². The van der Waals surface area contributed by atoms with Crippen LogP contribution in [0.5, 0.6) is 5.75 Å². The summed E-state index contributed by atoms with van der Waals surface area (Å²) in [6, 6.07) is 9.87. The van der Waals surface area contributed by atoms with E-state index in [1.54, 1.807) is 37.1 Å². The Morgan fingerprint density at radius 3 is 2.38 bits per heavy atom. The summed E-state index contributed by atoms with van der Waals surface area (Å²) in [6.45, 7) is 6.42. The molecule has 2 aromatic carbocycles. The molecule has 4 rings (SSSR count). The van der Waals surface area contributed by atoms with Crippen molar-refractivity contribution in [2.45, 2.75) is 90.4 Å². The summed E-state index contributed by atoms with van der Waals surface area (Å²) >= 11 is 0. The molecule has 11 heteroatoms. The Morgan fingerprint density at radius 1 is 1.00 bits per heavy atom. The summed E-state index contributed by atoms with van der Waals surface area (Å²) in [5.41, 5.74) is 1.32. The van der Waals surface area contributed by atoms with Gasteiger partial charge in [-0.05, 0) is 88.4 Å². The standard InChI is InChI=1S/C36H51FN4O6/c1-24-21-41(25(2)23-42)35(44)31-20-30(38-34(43)27-11-6-5-7-12-27)17-18-32(31)47-26(3)10-8-9-19-46-33(24)22-40(4)36(45)39-29-15-13-28(37)14-16-29/h13-18,20,24-27,33,42H,5-12,19,21-23H2,1-4H3,(H,38,43)(H,39,45)/t24-,25-,26+,33+/m0/s1. The van der Waals surface area contributed by atoms with Crippen molar-refractivity contribution in [2.75, 3.05) is 44.0 Å². The van der Waals surface area contributed by atoms with Crippen LogP contribution in [0.1, 0.15) is 82.5 Å². The zero-order valence-corrected chi connectivity index (χ0v) is 28.2. The van der Waals surface area contributed by atoms with E-state index >= 15 is 0 Å². The van der Waals surface area contributed by atoms with Gasteiger partial charge in [-0.3, -0.25) is 9.59 Å². The predicted molar refractivity (Wildman–Crippen MR) is 180 cm³/mol. The molecule has 47 heavy (non-hydrogen) atoms. The van der Waals surface area contributed by atoms with Crippen LogP contribution in [0.15, 0.2) is 42.5 Å². The van der Waals surface area contributed by atoms with Gasteiger partial charge in [0, 0.05) is 50.0 Å². The number of aliphatic hydroxyl groups excluding tert-OH is 1. The van der Waals surface area contributed by atoms with Gasteiger partial charge in [0.15, 0.2) is 0 Å². The molecule has 2 aromatic rings. The average Bonchev–Trinajstić information content (AvgIpc) is 3.07. The highest BCUT2D eigenvalue weighted by atomic mass is 19.1. The fraction of sp³-hybridized carbons (Fsp3) is 0.583. The highest BCUT2D eigenvalue weighted by Crippen LogP contribution is 2.30. The number of rotatable bonds is 7. The molecule has 4 amide bonds. The van der Waals surface area contributed by atoms with Crippen LogP contribution < -0.4 is 15.4 Å². The molecule has 2 aliphatic rings. The molecule has 0 bridgehead atoms. The molecule has 4 atom stereocenters. The minimum Gasteiger partial charge on any atom is -0.490 e. The summed E-state index contributed by atoms with van der Waals surface area (Å²) < 4.78 is 26.0. The van der Waals surface area contributed by atoms with Gasteiger partial charge in [0.25, 0.3) is 5.91 Å². The molecule has 258 valence electrons. The van der Waals surface area contributed by atoms with Crippen molar-refractivity contribution in [1.82, 2.24) is 9.80 Å². The Kier molecular flexibility index (Phi) is 13.4. The smallest absolute Gasteiger partial charge is 0.321 e. The van der Waals surface area contributed by atoms with E-state index in [0.29, 0.717) is 29.3 Å². The number of fused-ring (bicyclic) bond motifs is 1. The minimum atomic E-state index is -0.524. The highest BCUT2D eigenvalue weighted by Gasteiger charge is 2.31. The van der Waals surface area contributed by atoms with E-state index < -0.39 is 18.0 Å². The van der Waals surface area contributed by atoms with Gasteiger partial charge in [-0.1, -0.05) is 26.2 Å². The van der Waals surface area contributed by atoms with Crippen LogP contribution in [0.2, 0.25) is 0 Å². The van der Waals surface area contributed by atoms with Crippen molar-refractivity contribution < 1.29 is 33.4 Å². The molecule has 1 heterocycles. The number of benzene rings is 2. The lowest BCUT2D eigenvalue weighted by atomic mass is 9.88. The monoisotopic (exact) mass is 654 g/mol. The third-order valence-electron chi connectivity index (χ3n) is 9.19. The largest absolute Gasteiger partial charge is 0.490 e. The number of ether oxygens (including phenoxy) is 2. The summed E-state index contributed by atoms with van der Waals surface area (Å²) in [5.74, 6) is -0.582. The topological polar surface area (TPSA) is 120 Å². The molecule has 1 fully saturated rings. The molecule has 0 saturated heterocycles. The molecule has 0 aromatic heterocycles. The molecule has 1 aliphatic heterocycles. The molecular formula is C36H51FN4O6. The third kappa shape index (κ3) is 10.4. The lowest BCUT2D eigenvalue weighted by Crippen LogP contribution is -2.48. The van der Waals surface area contributed by atoms with Crippen LogP contribution in [0.25, 0.3) is 0 Å². The van der Waals surface area contributed by atoms with E-state index in [9.17, 15) is 23.9 Å². The minimum absolute atomic E-state index is 0.0333. The van der Waals surface area contributed by atoms with Crippen molar-refractivity contribution in [3.63, 3.8) is 0 Å². The van der Waals surface area contributed by atoms with E-state index in [2.05, 4.69) is 10.6 Å². The zero-order chi connectivity index (χ0) is 33.9. The van der Waals surface area contributed by atoms with Gasteiger partial charge in [-0.2, -0.15) is 0 Å². The average molecular weight is 655 g/mol. The SMILES string of the molecule is C[C@@H]1CCCCO[C@H](CN(C)C(=O)Nc2ccc(F)cc2)[C@@H](C)CN([C@@H](C)CO)C(=O)c2cc(NC(=O)C3CCCCC3)ccc2O1.